The van der Waals surface area contributed by atoms with Crippen molar-refractivity contribution in [1.29, 1.82) is 0 Å². The zero-order valence-corrected chi connectivity index (χ0v) is 14.5. The Morgan fingerprint density at radius 2 is 2.14 bits per heavy atom. The van der Waals surface area contributed by atoms with Gasteiger partial charge in [0, 0.05) is 19.0 Å². The molecule has 126 valence electrons. The van der Waals surface area contributed by atoms with Crippen molar-refractivity contribution in [2.75, 3.05) is 13.1 Å². The Morgan fingerprint density at radius 3 is 2.64 bits per heavy atom. The first kappa shape index (κ1) is 18.9. The summed E-state index contributed by atoms with van der Waals surface area (Å²) in [5.74, 6) is 1.39. The standard InChI is InChI=1S/C13H20FN.C5H12N2/c1-9-4-3-7-15-13(9)11-5-6-12(14)10(2)8-11;1-3-5(6)7-4-2/h4-6,10-13,15H,3,7-8H2,1-2H3;3-4H2,1-2H3,(H2,6,7). The zero-order valence-electron chi connectivity index (χ0n) is 14.5. The number of hydrogen-bond acceptors (Lipinski definition) is 2. The van der Waals surface area contributed by atoms with E-state index in [2.05, 4.69) is 29.4 Å². The molecule has 2 aliphatic rings. The summed E-state index contributed by atoms with van der Waals surface area (Å²) in [6.07, 6.45) is 8.32. The van der Waals surface area contributed by atoms with Gasteiger partial charge in [0.1, 0.15) is 6.17 Å². The molecule has 0 saturated heterocycles. The topological polar surface area (TPSA) is 50.4 Å². The lowest BCUT2D eigenvalue weighted by atomic mass is 9.79. The molecule has 4 heteroatoms. The monoisotopic (exact) mass is 309 g/mol. The van der Waals surface area contributed by atoms with Crippen molar-refractivity contribution in [2.24, 2.45) is 22.6 Å². The normalized spacial score (nSPS) is 32.0. The third-order valence-corrected chi connectivity index (χ3v) is 4.35. The van der Waals surface area contributed by atoms with E-state index in [0.717, 1.165) is 38.2 Å². The first-order valence-electron chi connectivity index (χ1n) is 8.50. The van der Waals surface area contributed by atoms with E-state index in [1.54, 1.807) is 6.08 Å². The third kappa shape index (κ3) is 5.91. The minimum atomic E-state index is -0.742. The fourth-order valence-electron chi connectivity index (χ4n) is 2.95. The van der Waals surface area contributed by atoms with E-state index in [1.807, 2.05) is 20.8 Å². The van der Waals surface area contributed by atoms with Crippen LogP contribution in [-0.2, 0) is 0 Å². The number of nitrogens with one attached hydrogen (secondary N) is 1. The fraction of sp³-hybridized carbons (Fsp3) is 0.722. The number of nitrogens with two attached hydrogens (primary N) is 1. The van der Waals surface area contributed by atoms with Crippen molar-refractivity contribution in [2.45, 2.75) is 59.2 Å². The molecule has 0 aromatic heterocycles. The van der Waals surface area contributed by atoms with Gasteiger partial charge < -0.3 is 11.1 Å². The van der Waals surface area contributed by atoms with Gasteiger partial charge in [-0.1, -0.05) is 37.6 Å². The first-order chi connectivity index (χ1) is 10.5. The molecule has 4 atom stereocenters. The van der Waals surface area contributed by atoms with Crippen LogP contribution in [0, 0.1) is 11.8 Å². The van der Waals surface area contributed by atoms with E-state index in [1.165, 1.54) is 5.57 Å². The Morgan fingerprint density at radius 1 is 1.41 bits per heavy atom. The van der Waals surface area contributed by atoms with E-state index in [-0.39, 0.29) is 5.92 Å². The van der Waals surface area contributed by atoms with Gasteiger partial charge in [-0.25, -0.2) is 4.39 Å². The second-order valence-corrected chi connectivity index (χ2v) is 6.19. The van der Waals surface area contributed by atoms with Crippen LogP contribution in [0.15, 0.2) is 28.8 Å². The first-order valence-corrected chi connectivity index (χ1v) is 8.50. The van der Waals surface area contributed by atoms with Crippen molar-refractivity contribution in [3.05, 3.63) is 23.8 Å². The second kappa shape index (κ2) is 9.78. The fourth-order valence-corrected chi connectivity index (χ4v) is 2.95. The number of amidine groups is 1. The van der Waals surface area contributed by atoms with Crippen LogP contribution in [0.5, 0.6) is 0 Å². The molecule has 1 heterocycles. The number of hydrogen-bond donors (Lipinski definition) is 2. The second-order valence-electron chi connectivity index (χ2n) is 6.19. The van der Waals surface area contributed by atoms with Crippen LogP contribution in [-0.4, -0.2) is 31.1 Å². The largest absolute Gasteiger partial charge is 0.387 e. The number of alkyl halides is 1. The van der Waals surface area contributed by atoms with E-state index >= 15 is 0 Å². The Kier molecular flexibility index (Phi) is 8.39. The van der Waals surface area contributed by atoms with Crippen LogP contribution in [0.3, 0.4) is 0 Å². The van der Waals surface area contributed by atoms with Crippen LogP contribution < -0.4 is 11.1 Å². The molecule has 0 fully saturated rings. The lowest BCUT2D eigenvalue weighted by Gasteiger charge is -2.34. The van der Waals surface area contributed by atoms with Crippen LogP contribution >= 0.6 is 0 Å². The van der Waals surface area contributed by atoms with Crippen LogP contribution in [0.2, 0.25) is 0 Å². The average Bonchev–Trinajstić information content (AvgIpc) is 2.51. The number of aliphatic imine (C=N–C) groups is 1. The summed E-state index contributed by atoms with van der Waals surface area (Å²) in [5, 5.41) is 3.53. The molecule has 4 unspecified atom stereocenters. The molecule has 0 aromatic rings. The maximum absolute atomic E-state index is 13.3. The summed E-state index contributed by atoms with van der Waals surface area (Å²) >= 11 is 0. The summed E-state index contributed by atoms with van der Waals surface area (Å²) in [6.45, 7) is 10.0. The van der Waals surface area contributed by atoms with Crippen molar-refractivity contribution in [3.8, 4) is 0 Å². The molecule has 0 spiro atoms. The number of allylic oxidation sites excluding steroid dienone is 1. The predicted octanol–water partition coefficient (Wildman–Crippen LogP) is 3.62. The number of halogens is 1. The molecule has 1 aliphatic carbocycles. The molecule has 3 N–H and O–H groups in total. The maximum atomic E-state index is 13.3. The Labute approximate surface area is 135 Å². The molecule has 0 radical (unpaired) electrons. The highest BCUT2D eigenvalue weighted by atomic mass is 19.1. The van der Waals surface area contributed by atoms with Gasteiger partial charge in [-0.05, 0) is 45.1 Å². The molecule has 3 nitrogen and oxygen atoms in total. The van der Waals surface area contributed by atoms with Gasteiger partial charge in [-0.2, -0.15) is 0 Å². The molecular formula is C18H32FN3. The third-order valence-electron chi connectivity index (χ3n) is 4.35. The van der Waals surface area contributed by atoms with Crippen LogP contribution in [0.4, 0.5) is 4.39 Å². The van der Waals surface area contributed by atoms with Crippen LogP contribution in [0.1, 0.15) is 47.0 Å². The number of rotatable bonds is 3. The highest BCUT2D eigenvalue weighted by molar-refractivity contribution is 5.79. The molecule has 22 heavy (non-hydrogen) atoms. The average molecular weight is 309 g/mol. The summed E-state index contributed by atoms with van der Waals surface area (Å²) in [5.41, 5.74) is 6.75. The van der Waals surface area contributed by atoms with Crippen LogP contribution in [0.25, 0.3) is 0 Å². The van der Waals surface area contributed by atoms with E-state index in [9.17, 15) is 4.39 Å². The summed E-state index contributed by atoms with van der Waals surface area (Å²) < 4.78 is 13.3. The smallest absolute Gasteiger partial charge is 0.121 e. The van der Waals surface area contributed by atoms with Gasteiger partial charge in [-0.15, -0.1) is 0 Å². The summed E-state index contributed by atoms with van der Waals surface area (Å²) in [7, 11) is 0. The molecule has 1 aliphatic heterocycles. The molecule has 0 amide bonds. The van der Waals surface area contributed by atoms with E-state index in [0.29, 0.717) is 12.0 Å². The van der Waals surface area contributed by atoms with Crippen molar-refractivity contribution < 1.29 is 4.39 Å². The van der Waals surface area contributed by atoms with Crippen molar-refractivity contribution in [1.82, 2.24) is 5.32 Å². The van der Waals surface area contributed by atoms with Crippen molar-refractivity contribution in [3.63, 3.8) is 0 Å². The Balaban J connectivity index is 0.000000295. The summed E-state index contributed by atoms with van der Waals surface area (Å²) in [6, 6.07) is 0.435. The van der Waals surface area contributed by atoms with E-state index in [4.69, 9.17) is 5.73 Å². The lowest BCUT2D eigenvalue weighted by Crippen LogP contribution is -2.41. The van der Waals surface area contributed by atoms with Gasteiger partial charge in [0.05, 0.1) is 5.84 Å². The minimum Gasteiger partial charge on any atom is -0.387 e. The van der Waals surface area contributed by atoms with Gasteiger partial charge >= 0.3 is 0 Å². The van der Waals surface area contributed by atoms with Gasteiger partial charge in [0.15, 0.2) is 0 Å². The number of nitrogens with zero attached hydrogens (tertiary/aromatic N) is 1. The molecular weight excluding hydrogens is 277 g/mol. The van der Waals surface area contributed by atoms with Gasteiger partial charge in [0.2, 0.25) is 0 Å². The minimum absolute atomic E-state index is 0.163. The molecule has 2 rings (SSSR count). The van der Waals surface area contributed by atoms with Gasteiger partial charge in [0.25, 0.3) is 0 Å². The Bertz CT molecular complexity index is 415. The zero-order chi connectivity index (χ0) is 16.5. The van der Waals surface area contributed by atoms with E-state index < -0.39 is 6.17 Å². The predicted molar refractivity (Wildman–Crippen MR) is 93.9 cm³/mol. The van der Waals surface area contributed by atoms with Crippen molar-refractivity contribution >= 4 is 5.84 Å². The molecule has 0 saturated carbocycles. The highest BCUT2D eigenvalue weighted by Crippen LogP contribution is 2.30. The SMILES string of the molecule is CC1=CCCNC1C1C=CC(F)C(C)C1.CCN=C(N)CC. The summed E-state index contributed by atoms with van der Waals surface area (Å²) in [4.78, 5) is 3.94. The molecule has 0 aromatic carbocycles. The van der Waals surface area contributed by atoms with Gasteiger partial charge in [-0.3, -0.25) is 4.99 Å². The maximum Gasteiger partial charge on any atom is 0.121 e. The highest BCUT2D eigenvalue weighted by Gasteiger charge is 2.29. The lowest BCUT2D eigenvalue weighted by molar-refractivity contribution is 0.233. The quantitative estimate of drug-likeness (QED) is 0.475. The Hall–Kier alpha value is -1.16. The molecule has 0 bridgehead atoms.